The molecule has 0 aliphatic carbocycles. The first-order valence-electron chi connectivity index (χ1n) is 2.61. The number of hydrogen-bond acceptors (Lipinski definition) is 3. The molecule has 6 heteroatoms. The van der Waals surface area contributed by atoms with Crippen molar-refractivity contribution in [3.8, 4) is 0 Å². The van der Waals surface area contributed by atoms with Crippen LogP contribution in [-0.2, 0) is 10.2 Å². The van der Waals surface area contributed by atoms with E-state index in [9.17, 15) is 8.42 Å². The van der Waals surface area contributed by atoms with Gasteiger partial charge in [-0.15, -0.1) is 0 Å². The zero-order valence-electron chi connectivity index (χ0n) is 4.79. The van der Waals surface area contributed by atoms with E-state index in [-0.39, 0.29) is 6.04 Å². The van der Waals surface area contributed by atoms with Gasteiger partial charge in [-0.25, -0.2) is 4.72 Å². The largest absolute Gasteiger partial charge is 0.329 e. The van der Waals surface area contributed by atoms with Crippen LogP contribution in [0, 0.1) is 0 Å². The lowest BCUT2D eigenvalue weighted by atomic mass is 10.3. The van der Waals surface area contributed by atoms with E-state index in [1.807, 2.05) is 0 Å². The minimum atomic E-state index is -3.19. The summed E-state index contributed by atoms with van der Waals surface area (Å²) in [7, 11) is -3.19. The van der Waals surface area contributed by atoms with E-state index in [0.717, 1.165) is 0 Å². The molecule has 0 amide bonds. The van der Waals surface area contributed by atoms with Crippen LogP contribution in [0.3, 0.4) is 0 Å². The van der Waals surface area contributed by atoms with Crippen LogP contribution < -0.4 is 15.2 Å². The Hall–Kier alpha value is -0.170. The second-order valence-electron chi connectivity index (χ2n) is 1.90. The lowest BCUT2D eigenvalue weighted by Gasteiger charge is -1.99. The van der Waals surface area contributed by atoms with E-state index in [4.69, 9.17) is 5.73 Å². The molecule has 1 atom stereocenters. The fourth-order valence-electron chi connectivity index (χ4n) is 0.644. The monoisotopic (exact) mass is 151 g/mol. The number of rotatable bonds is 1. The van der Waals surface area contributed by atoms with Gasteiger partial charge in [0, 0.05) is 19.1 Å². The Morgan fingerprint density at radius 2 is 2.33 bits per heavy atom. The highest BCUT2D eigenvalue weighted by Gasteiger charge is 2.23. The molecule has 0 radical (unpaired) electrons. The van der Waals surface area contributed by atoms with Crippen molar-refractivity contribution in [2.45, 2.75) is 6.04 Å². The van der Waals surface area contributed by atoms with Crippen LogP contribution in [0.4, 0.5) is 0 Å². The predicted octanol–water partition coefficient (Wildman–Crippen LogP) is -2.25. The van der Waals surface area contributed by atoms with Crippen LogP contribution in [0.1, 0.15) is 0 Å². The highest BCUT2D eigenvalue weighted by atomic mass is 32.2. The molecule has 0 aromatic carbocycles. The Morgan fingerprint density at radius 3 is 2.56 bits per heavy atom. The third-order valence-corrected chi connectivity index (χ3v) is 2.32. The maximum atomic E-state index is 10.5. The van der Waals surface area contributed by atoms with Gasteiger partial charge in [-0.2, -0.15) is 13.1 Å². The van der Waals surface area contributed by atoms with Crippen LogP contribution in [-0.4, -0.2) is 27.5 Å². The summed E-state index contributed by atoms with van der Waals surface area (Å²) in [5.41, 5.74) is 5.19. The topological polar surface area (TPSA) is 84.2 Å². The molecule has 1 fully saturated rings. The summed E-state index contributed by atoms with van der Waals surface area (Å²) in [6, 6.07) is -0.130. The molecule has 0 aromatic heterocycles. The summed E-state index contributed by atoms with van der Waals surface area (Å²) in [6.07, 6.45) is 0. The maximum absolute atomic E-state index is 10.5. The normalized spacial score (nSPS) is 32.8. The van der Waals surface area contributed by atoms with Crippen LogP contribution >= 0.6 is 0 Å². The summed E-state index contributed by atoms with van der Waals surface area (Å²) in [5.74, 6) is 0. The van der Waals surface area contributed by atoms with E-state index in [0.29, 0.717) is 13.1 Å². The van der Waals surface area contributed by atoms with Gasteiger partial charge in [-0.1, -0.05) is 0 Å². The second kappa shape index (κ2) is 2.22. The molecule has 0 saturated carbocycles. The SMILES string of the molecule is NCC1CNS(=O)(=O)N1. The Morgan fingerprint density at radius 1 is 1.67 bits per heavy atom. The van der Waals surface area contributed by atoms with Gasteiger partial charge in [-0.3, -0.25) is 0 Å². The number of nitrogens with one attached hydrogen (secondary N) is 2. The molecule has 1 aliphatic heterocycles. The molecule has 1 heterocycles. The highest BCUT2D eigenvalue weighted by molar-refractivity contribution is 7.87. The Bertz CT molecular complexity index is 187. The first kappa shape index (κ1) is 6.94. The van der Waals surface area contributed by atoms with E-state index < -0.39 is 10.2 Å². The molecular formula is C3H9N3O2S. The van der Waals surface area contributed by atoms with Gasteiger partial charge in [0.05, 0.1) is 0 Å². The lowest BCUT2D eigenvalue weighted by Crippen LogP contribution is -2.33. The second-order valence-corrected chi connectivity index (χ2v) is 3.43. The van der Waals surface area contributed by atoms with Crippen molar-refractivity contribution >= 4 is 10.2 Å². The van der Waals surface area contributed by atoms with Crippen molar-refractivity contribution in [1.82, 2.24) is 9.44 Å². The molecule has 1 aliphatic rings. The van der Waals surface area contributed by atoms with Crippen molar-refractivity contribution in [2.24, 2.45) is 5.73 Å². The number of nitrogens with two attached hydrogens (primary N) is 1. The fourth-order valence-corrected chi connectivity index (χ4v) is 1.77. The Labute approximate surface area is 53.8 Å². The Balaban J connectivity index is 2.58. The summed E-state index contributed by atoms with van der Waals surface area (Å²) < 4.78 is 25.6. The number of hydrogen-bond donors (Lipinski definition) is 3. The van der Waals surface area contributed by atoms with Crippen LogP contribution in [0.5, 0.6) is 0 Å². The van der Waals surface area contributed by atoms with Crippen molar-refractivity contribution in [1.29, 1.82) is 0 Å². The Kier molecular flexibility index (Phi) is 1.71. The first-order valence-corrected chi connectivity index (χ1v) is 4.09. The maximum Gasteiger partial charge on any atom is 0.277 e. The van der Waals surface area contributed by atoms with E-state index in [2.05, 4.69) is 9.44 Å². The zero-order valence-corrected chi connectivity index (χ0v) is 5.61. The van der Waals surface area contributed by atoms with Crippen molar-refractivity contribution < 1.29 is 8.42 Å². The van der Waals surface area contributed by atoms with Crippen molar-refractivity contribution in [3.05, 3.63) is 0 Å². The predicted molar refractivity (Wildman–Crippen MR) is 32.9 cm³/mol. The van der Waals surface area contributed by atoms with Crippen LogP contribution in [0.25, 0.3) is 0 Å². The van der Waals surface area contributed by atoms with Crippen molar-refractivity contribution in [2.75, 3.05) is 13.1 Å². The molecule has 0 spiro atoms. The van der Waals surface area contributed by atoms with Gasteiger partial charge < -0.3 is 5.73 Å². The minimum absolute atomic E-state index is 0.130. The smallest absolute Gasteiger partial charge is 0.277 e. The third-order valence-electron chi connectivity index (χ3n) is 1.13. The average molecular weight is 151 g/mol. The molecule has 0 aromatic rings. The lowest BCUT2D eigenvalue weighted by molar-refractivity contribution is 0.582. The van der Waals surface area contributed by atoms with Crippen molar-refractivity contribution in [3.63, 3.8) is 0 Å². The average Bonchev–Trinajstić information content (AvgIpc) is 2.10. The molecule has 1 unspecified atom stereocenters. The van der Waals surface area contributed by atoms with Crippen LogP contribution in [0.2, 0.25) is 0 Å². The van der Waals surface area contributed by atoms with Gasteiger partial charge in [-0.05, 0) is 0 Å². The molecule has 54 valence electrons. The summed E-state index contributed by atoms with van der Waals surface area (Å²) in [4.78, 5) is 0. The standard InChI is InChI=1S/C3H9N3O2S/c4-1-3-2-5-9(7,8)6-3/h3,5-6H,1-2,4H2. The molecule has 4 N–H and O–H groups in total. The minimum Gasteiger partial charge on any atom is -0.329 e. The zero-order chi connectivity index (χ0) is 6.91. The highest BCUT2D eigenvalue weighted by Crippen LogP contribution is 1.91. The molecule has 9 heavy (non-hydrogen) atoms. The molecule has 1 rings (SSSR count). The van der Waals surface area contributed by atoms with Crippen LogP contribution in [0.15, 0.2) is 0 Å². The van der Waals surface area contributed by atoms with Gasteiger partial charge in [0.25, 0.3) is 10.2 Å². The summed E-state index contributed by atoms with van der Waals surface area (Å²) in [5, 5.41) is 0. The molecular weight excluding hydrogens is 142 g/mol. The molecule has 1 saturated heterocycles. The van der Waals surface area contributed by atoms with E-state index in [1.54, 1.807) is 0 Å². The quantitative estimate of drug-likeness (QED) is 0.396. The van der Waals surface area contributed by atoms with Gasteiger partial charge in [0.2, 0.25) is 0 Å². The molecule has 5 nitrogen and oxygen atoms in total. The summed E-state index contributed by atoms with van der Waals surface area (Å²) in [6.45, 7) is 0.741. The van der Waals surface area contributed by atoms with Gasteiger partial charge in [0.15, 0.2) is 0 Å². The van der Waals surface area contributed by atoms with E-state index in [1.165, 1.54) is 0 Å². The summed E-state index contributed by atoms with van der Waals surface area (Å²) >= 11 is 0. The first-order chi connectivity index (χ1) is 4.14. The molecule has 0 bridgehead atoms. The van der Waals surface area contributed by atoms with Gasteiger partial charge in [0.1, 0.15) is 0 Å². The third kappa shape index (κ3) is 1.62. The van der Waals surface area contributed by atoms with Gasteiger partial charge >= 0.3 is 0 Å². The van der Waals surface area contributed by atoms with E-state index >= 15 is 0 Å². The fraction of sp³-hybridized carbons (Fsp3) is 1.00.